The number of carbonyl (C=O) groups excluding carboxylic acids is 1. The summed E-state index contributed by atoms with van der Waals surface area (Å²) in [5.41, 5.74) is 1.79. The first-order valence-corrected chi connectivity index (χ1v) is 6.43. The maximum atomic E-state index is 14.3. The highest BCUT2D eigenvalue weighted by Gasteiger charge is 2.45. The first kappa shape index (κ1) is 14.3. The Labute approximate surface area is 118 Å². The van der Waals surface area contributed by atoms with Crippen LogP contribution in [0.5, 0.6) is 0 Å². The molecule has 0 aromatic heterocycles. The summed E-state index contributed by atoms with van der Waals surface area (Å²) >= 11 is 0. The van der Waals surface area contributed by atoms with E-state index < -0.39 is 0 Å². The number of halogens is 2. The van der Waals surface area contributed by atoms with Crippen molar-refractivity contribution in [3.8, 4) is 0 Å². The summed E-state index contributed by atoms with van der Waals surface area (Å²) in [6.07, 6.45) is 2.48. The highest BCUT2D eigenvalue weighted by Crippen LogP contribution is 2.45. The first-order valence-electron chi connectivity index (χ1n) is 6.43. The van der Waals surface area contributed by atoms with Crippen LogP contribution in [0.1, 0.15) is 30.9 Å². The normalized spacial score (nSPS) is 19.1. The predicted molar refractivity (Wildman–Crippen MR) is 75.0 cm³/mol. The molecule has 1 aliphatic carbocycles. The summed E-state index contributed by atoms with van der Waals surface area (Å²) in [4.78, 5) is 11.9. The van der Waals surface area contributed by atoms with Crippen LogP contribution in [0.25, 0.3) is 0 Å². The molecule has 1 heterocycles. The van der Waals surface area contributed by atoms with Gasteiger partial charge in [0.1, 0.15) is 5.82 Å². The number of rotatable bonds is 2. The number of nitrogens with one attached hydrogen (secondary N) is 2. The van der Waals surface area contributed by atoms with Crippen LogP contribution in [-0.4, -0.2) is 12.5 Å². The van der Waals surface area contributed by atoms with Crippen molar-refractivity contribution in [3.05, 3.63) is 29.1 Å². The molecule has 0 atom stereocenters. The predicted octanol–water partition coefficient (Wildman–Crippen LogP) is 2.63. The minimum atomic E-state index is -0.274. The van der Waals surface area contributed by atoms with Gasteiger partial charge in [-0.1, -0.05) is 13.0 Å². The standard InChI is InChI=1S/C14H17FN2O.ClH/c1-14(5-6-14)13(18)17-11-3-2-9-8-16-7-4-10(9)12(11)15;/h2-3,16H,4-8H2,1H3,(H,17,18);1H. The molecule has 0 spiro atoms. The number of anilines is 1. The number of benzene rings is 1. The lowest BCUT2D eigenvalue weighted by atomic mass is 9.99. The number of hydrogen-bond acceptors (Lipinski definition) is 2. The van der Waals surface area contributed by atoms with E-state index in [1.807, 2.05) is 13.0 Å². The second kappa shape index (κ2) is 5.10. The van der Waals surface area contributed by atoms with Crippen molar-refractivity contribution in [3.63, 3.8) is 0 Å². The maximum absolute atomic E-state index is 14.3. The smallest absolute Gasteiger partial charge is 0.230 e. The van der Waals surface area contributed by atoms with Crippen LogP contribution in [0.15, 0.2) is 12.1 Å². The maximum Gasteiger partial charge on any atom is 0.230 e. The van der Waals surface area contributed by atoms with E-state index in [9.17, 15) is 9.18 Å². The highest BCUT2D eigenvalue weighted by molar-refractivity contribution is 5.97. The monoisotopic (exact) mass is 284 g/mol. The van der Waals surface area contributed by atoms with Gasteiger partial charge in [0.15, 0.2) is 0 Å². The number of hydrogen-bond donors (Lipinski definition) is 2. The second-order valence-electron chi connectivity index (χ2n) is 5.51. The molecular weight excluding hydrogens is 267 g/mol. The number of amides is 1. The zero-order chi connectivity index (χ0) is 12.8. The molecule has 0 radical (unpaired) electrons. The van der Waals surface area contributed by atoms with Crippen molar-refractivity contribution in [2.24, 2.45) is 5.41 Å². The van der Waals surface area contributed by atoms with E-state index in [1.54, 1.807) is 6.07 Å². The molecule has 1 aromatic rings. The molecular formula is C14H18ClFN2O. The van der Waals surface area contributed by atoms with Gasteiger partial charge < -0.3 is 10.6 Å². The van der Waals surface area contributed by atoms with Crippen LogP contribution in [0, 0.1) is 11.2 Å². The van der Waals surface area contributed by atoms with Gasteiger partial charge in [-0.3, -0.25) is 4.79 Å². The minimum Gasteiger partial charge on any atom is -0.323 e. The molecule has 0 bridgehead atoms. The van der Waals surface area contributed by atoms with Crippen molar-refractivity contribution >= 4 is 24.0 Å². The molecule has 2 aliphatic rings. The summed E-state index contributed by atoms with van der Waals surface area (Å²) in [7, 11) is 0. The van der Waals surface area contributed by atoms with Gasteiger partial charge in [0.25, 0.3) is 0 Å². The van der Waals surface area contributed by atoms with Crippen molar-refractivity contribution in [2.45, 2.75) is 32.7 Å². The molecule has 1 fully saturated rings. The quantitative estimate of drug-likeness (QED) is 0.877. The molecule has 2 N–H and O–H groups in total. The lowest BCUT2D eigenvalue weighted by Gasteiger charge is -2.20. The van der Waals surface area contributed by atoms with Gasteiger partial charge in [-0.2, -0.15) is 0 Å². The summed E-state index contributed by atoms with van der Waals surface area (Å²) in [6, 6.07) is 3.57. The molecule has 19 heavy (non-hydrogen) atoms. The van der Waals surface area contributed by atoms with E-state index in [1.165, 1.54) is 0 Å². The third kappa shape index (κ3) is 2.60. The Morgan fingerprint density at radius 1 is 1.42 bits per heavy atom. The molecule has 1 amide bonds. The fourth-order valence-corrected chi connectivity index (χ4v) is 2.32. The Morgan fingerprint density at radius 3 is 2.84 bits per heavy atom. The lowest BCUT2D eigenvalue weighted by molar-refractivity contribution is -0.120. The average molecular weight is 285 g/mol. The molecule has 3 nitrogen and oxygen atoms in total. The largest absolute Gasteiger partial charge is 0.323 e. The summed E-state index contributed by atoms with van der Waals surface area (Å²) in [5.74, 6) is -0.318. The Morgan fingerprint density at radius 2 is 2.16 bits per heavy atom. The zero-order valence-electron chi connectivity index (χ0n) is 10.9. The van der Waals surface area contributed by atoms with Crippen molar-refractivity contribution < 1.29 is 9.18 Å². The second-order valence-corrected chi connectivity index (χ2v) is 5.51. The van der Waals surface area contributed by atoms with E-state index in [2.05, 4.69) is 10.6 Å². The van der Waals surface area contributed by atoms with Crippen molar-refractivity contribution in [1.82, 2.24) is 5.32 Å². The van der Waals surface area contributed by atoms with E-state index in [-0.39, 0.29) is 29.5 Å². The lowest BCUT2D eigenvalue weighted by Crippen LogP contribution is -2.26. The van der Waals surface area contributed by atoms with Crippen LogP contribution in [0.2, 0.25) is 0 Å². The van der Waals surface area contributed by atoms with Crippen LogP contribution in [0.3, 0.4) is 0 Å². The third-order valence-electron chi connectivity index (χ3n) is 4.00. The fraction of sp³-hybridized carbons (Fsp3) is 0.500. The molecule has 1 aliphatic heterocycles. The van der Waals surface area contributed by atoms with Gasteiger partial charge in [0.05, 0.1) is 5.69 Å². The average Bonchev–Trinajstić information content (AvgIpc) is 3.12. The van der Waals surface area contributed by atoms with Gasteiger partial charge in [-0.15, -0.1) is 12.4 Å². The summed E-state index contributed by atoms with van der Waals surface area (Å²) in [5, 5.41) is 5.94. The SMILES string of the molecule is CC1(C(=O)Nc2ccc3c(c2F)CCNC3)CC1.Cl. The fourth-order valence-electron chi connectivity index (χ4n) is 2.32. The van der Waals surface area contributed by atoms with E-state index >= 15 is 0 Å². The molecule has 3 rings (SSSR count). The Bertz CT molecular complexity index is 514. The van der Waals surface area contributed by atoms with Crippen LogP contribution in [0.4, 0.5) is 10.1 Å². The van der Waals surface area contributed by atoms with Crippen molar-refractivity contribution in [2.75, 3.05) is 11.9 Å². The molecule has 0 unspecified atom stereocenters. The van der Waals surface area contributed by atoms with Gasteiger partial charge in [0, 0.05) is 12.0 Å². The Hall–Kier alpha value is -1.13. The Kier molecular flexibility index (Phi) is 3.83. The van der Waals surface area contributed by atoms with Crippen LogP contribution >= 0.6 is 12.4 Å². The van der Waals surface area contributed by atoms with E-state index in [0.717, 1.165) is 30.5 Å². The van der Waals surface area contributed by atoms with E-state index in [0.29, 0.717) is 18.7 Å². The summed E-state index contributed by atoms with van der Waals surface area (Å²) in [6.45, 7) is 3.42. The molecule has 0 saturated heterocycles. The molecule has 5 heteroatoms. The van der Waals surface area contributed by atoms with Crippen LogP contribution < -0.4 is 10.6 Å². The number of carbonyl (C=O) groups is 1. The Balaban J connectivity index is 0.00000133. The van der Waals surface area contributed by atoms with Gasteiger partial charge in [-0.05, 0) is 43.0 Å². The molecule has 104 valence electrons. The van der Waals surface area contributed by atoms with Gasteiger partial charge >= 0.3 is 0 Å². The van der Waals surface area contributed by atoms with E-state index in [4.69, 9.17) is 0 Å². The topological polar surface area (TPSA) is 41.1 Å². The van der Waals surface area contributed by atoms with Gasteiger partial charge in [-0.25, -0.2) is 4.39 Å². The van der Waals surface area contributed by atoms with Gasteiger partial charge in [0.2, 0.25) is 5.91 Å². The minimum absolute atomic E-state index is 0. The molecule has 1 saturated carbocycles. The van der Waals surface area contributed by atoms with Crippen molar-refractivity contribution in [1.29, 1.82) is 0 Å². The highest BCUT2D eigenvalue weighted by atomic mass is 35.5. The molecule has 1 aromatic carbocycles. The third-order valence-corrected chi connectivity index (χ3v) is 4.00. The number of fused-ring (bicyclic) bond motifs is 1. The summed E-state index contributed by atoms with van der Waals surface area (Å²) < 4.78 is 14.3. The first-order chi connectivity index (χ1) is 8.60. The van der Waals surface area contributed by atoms with Crippen LogP contribution in [-0.2, 0) is 17.8 Å². The zero-order valence-corrected chi connectivity index (χ0v) is 11.7.